The van der Waals surface area contributed by atoms with Gasteiger partial charge in [-0.05, 0) is 43.2 Å². The van der Waals surface area contributed by atoms with Crippen molar-refractivity contribution < 1.29 is 9.18 Å². The number of hydrogen-bond donors (Lipinski definition) is 1. The lowest BCUT2D eigenvalue weighted by Crippen LogP contribution is -2.29. The van der Waals surface area contributed by atoms with Crippen molar-refractivity contribution in [3.63, 3.8) is 0 Å². The number of hydrogen-bond acceptors (Lipinski definition) is 2. The minimum atomic E-state index is -0.447. The highest BCUT2D eigenvalue weighted by Crippen LogP contribution is 2.32. The highest BCUT2D eigenvalue weighted by atomic mass is 35.5. The molecule has 1 fully saturated rings. The molecule has 1 N–H and O–H groups in total. The van der Waals surface area contributed by atoms with Gasteiger partial charge in [0.15, 0.2) is 0 Å². The van der Waals surface area contributed by atoms with Crippen molar-refractivity contribution in [3.05, 3.63) is 70.8 Å². The largest absolute Gasteiger partial charge is 0.340 e. The van der Waals surface area contributed by atoms with E-state index in [2.05, 4.69) is 9.97 Å². The van der Waals surface area contributed by atoms with Crippen LogP contribution in [0.2, 0.25) is 5.02 Å². The Kier molecular flexibility index (Phi) is 4.47. The minimum absolute atomic E-state index is 0.101. The van der Waals surface area contributed by atoms with Crippen molar-refractivity contribution in [1.82, 2.24) is 14.9 Å². The monoisotopic (exact) mass is 369 g/mol. The maximum absolute atomic E-state index is 13.9. The summed E-state index contributed by atoms with van der Waals surface area (Å²) in [4.78, 5) is 22.4. The van der Waals surface area contributed by atoms with Crippen molar-refractivity contribution in [3.8, 4) is 0 Å². The van der Waals surface area contributed by atoms with E-state index in [4.69, 9.17) is 11.6 Å². The molecule has 1 atom stereocenters. The molecule has 0 saturated carbocycles. The summed E-state index contributed by atoms with van der Waals surface area (Å²) >= 11 is 6.01. The third kappa shape index (κ3) is 3.10. The maximum atomic E-state index is 13.9. The zero-order chi connectivity index (χ0) is 18.1. The molecule has 0 bridgehead atoms. The van der Waals surface area contributed by atoms with Crippen molar-refractivity contribution in [2.75, 3.05) is 6.54 Å². The van der Waals surface area contributed by atoms with Gasteiger partial charge in [0.1, 0.15) is 11.6 Å². The number of nitrogens with one attached hydrogen (secondary N) is 1. The molecule has 0 aliphatic carbocycles. The topological polar surface area (TPSA) is 49.0 Å². The van der Waals surface area contributed by atoms with E-state index in [0.29, 0.717) is 6.54 Å². The average Bonchev–Trinajstić information content (AvgIpc) is 3.27. The van der Waals surface area contributed by atoms with E-state index in [1.165, 1.54) is 24.3 Å². The van der Waals surface area contributed by atoms with Gasteiger partial charge in [-0.3, -0.25) is 4.79 Å². The number of benzene rings is 2. The van der Waals surface area contributed by atoms with Crippen LogP contribution in [0.5, 0.6) is 0 Å². The van der Waals surface area contributed by atoms with Crippen molar-refractivity contribution in [2.45, 2.75) is 18.9 Å². The van der Waals surface area contributed by atoms with Crippen molar-refractivity contribution in [2.24, 2.45) is 0 Å². The molecule has 26 heavy (non-hydrogen) atoms. The summed E-state index contributed by atoms with van der Waals surface area (Å²) in [6.45, 7) is 0.649. The first-order chi connectivity index (χ1) is 12.6. The third-order valence-corrected chi connectivity index (χ3v) is 4.98. The van der Waals surface area contributed by atoms with Gasteiger partial charge >= 0.3 is 0 Å². The molecule has 3 aromatic rings. The molecule has 1 saturated heterocycles. The van der Waals surface area contributed by atoms with Crippen LogP contribution in [0.15, 0.2) is 48.5 Å². The van der Waals surface area contributed by atoms with Gasteiger partial charge < -0.3 is 9.88 Å². The molecule has 6 heteroatoms. The smallest absolute Gasteiger partial charge is 0.247 e. The molecule has 4 rings (SSSR count). The number of aromatic nitrogens is 2. The van der Waals surface area contributed by atoms with E-state index in [1.807, 2.05) is 24.3 Å². The number of fused-ring (bicyclic) bond motifs is 1. The lowest BCUT2D eigenvalue weighted by molar-refractivity contribution is -0.126. The number of para-hydroxylation sites is 2. The van der Waals surface area contributed by atoms with Crippen LogP contribution in [-0.2, 0) is 4.79 Å². The Morgan fingerprint density at radius 1 is 1.27 bits per heavy atom. The predicted molar refractivity (Wildman–Crippen MR) is 100 cm³/mol. The van der Waals surface area contributed by atoms with E-state index >= 15 is 0 Å². The Morgan fingerprint density at radius 3 is 2.92 bits per heavy atom. The van der Waals surface area contributed by atoms with Crippen molar-refractivity contribution in [1.29, 1.82) is 0 Å². The SMILES string of the molecule is O=C(C=Cc1c(F)cccc1Cl)N1CCCC1c1nc2ccccc2[nH]1. The number of amides is 1. The molecular formula is C20H17ClFN3O. The van der Waals surface area contributed by atoms with Gasteiger partial charge in [0.2, 0.25) is 5.91 Å². The molecule has 2 aromatic carbocycles. The summed E-state index contributed by atoms with van der Waals surface area (Å²) in [6, 6.07) is 12.1. The molecule has 1 aliphatic heterocycles. The summed E-state index contributed by atoms with van der Waals surface area (Å²) < 4.78 is 13.9. The Balaban J connectivity index is 1.58. The average molecular weight is 370 g/mol. The molecule has 1 amide bonds. The number of likely N-dealkylation sites (tertiary alicyclic amines) is 1. The quantitative estimate of drug-likeness (QED) is 0.678. The molecular weight excluding hydrogens is 353 g/mol. The van der Waals surface area contributed by atoms with E-state index in [0.717, 1.165) is 29.7 Å². The summed E-state index contributed by atoms with van der Waals surface area (Å²) in [5, 5.41) is 0.282. The lowest BCUT2D eigenvalue weighted by Gasteiger charge is -2.21. The number of imidazole rings is 1. The second kappa shape index (κ2) is 6.92. The second-order valence-electron chi connectivity index (χ2n) is 6.30. The Morgan fingerprint density at radius 2 is 2.12 bits per heavy atom. The van der Waals surface area contributed by atoms with E-state index < -0.39 is 5.82 Å². The van der Waals surface area contributed by atoms with Crippen LogP contribution in [0.3, 0.4) is 0 Å². The molecule has 132 valence electrons. The lowest BCUT2D eigenvalue weighted by atomic mass is 10.2. The number of halogens is 2. The van der Waals surface area contributed by atoms with E-state index in [9.17, 15) is 9.18 Å². The van der Waals surface area contributed by atoms with Crippen LogP contribution in [0, 0.1) is 5.82 Å². The first-order valence-corrected chi connectivity index (χ1v) is 8.88. The van der Waals surface area contributed by atoms with Crippen LogP contribution >= 0.6 is 11.6 Å². The second-order valence-corrected chi connectivity index (χ2v) is 6.70. The van der Waals surface area contributed by atoms with Gasteiger partial charge in [0.25, 0.3) is 0 Å². The van der Waals surface area contributed by atoms with Gasteiger partial charge in [-0.2, -0.15) is 0 Å². The minimum Gasteiger partial charge on any atom is -0.340 e. The summed E-state index contributed by atoms with van der Waals surface area (Å²) in [5.41, 5.74) is 2.06. The number of aromatic amines is 1. The summed E-state index contributed by atoms with van der Waals surface area (Å²) in [5.74, 6) is 0.165. The molecule has 4 nitrogen and oxygen atoms in total. The number of carbonyl (C=O) groups excluding carboxylic acids is 1. The van der Waals surface area contributed by atoms with Crippen LogP contribution in [-0.4, -0.2) is 27.3 Å². The zero-order valence-electron chi connectivity index (χ0n) is 14.0. The van der Waals surface area contributed by atoms with Gasteiger partial charge in [-0.15, -0.1) is 0 Å². The first kappa shape index (κ1) is 16.8. The molecule has 1 aromatic heterocycles. The molecule has 0 radical (unpaired) electrons. The van der Waals surface area contributed by atoms with Crippen molar-refractivity contribution >= 4 is 34.6 Å². The third-order valence-electron chi connectivity index (χ3n) is 4.65. The molecule has 1 unspecified atom stereocenters. The standard InChI is InChI=1S/C20H17ClFN3O/c21-14-5-3-6-15(22)13(14)10-11-19(26)25-12-4-9-18(25)20-23-16-7-1-2-8-17(16)24-20/h1-3,5-8,10-11,18H,4,9,12H2,(H,23,24). The van der Waals surface area contributed by atoms with Crippen LogP contribution in [0.25, 0.3) is 17.1 Å². The summed E-state index contributed by atoms with van der Waals surface area (Å²) in [6.07, 6.45) is 4.57. The highest BCUT2D eigenvalue weighted by Gasteiger charge is 2.31. The van der Waals surface area contributed by atoms with Gasteiger partial charge in [0.05, 0.1) is 22.1 Å². The van der Waals surface area contributed by atoms with Crippen LogP contribution in [0.1, 0.15) is 30.3 Å². The Hall–Kier alpha value is -2.66. The number of nitrogens with zero attached hydrogens (tertiary/aromatic N) is 2. The Labute approximate surface area is 155 Å². The number of carbonyl (C=O) groups is 1. The van der Waals surface area contributed by atoms with Crippen LogP contribution in [0.4, 0.5) is 4.39 Å². The van der Waals surface area contributed by atoms with E-state index in [1.54, 1.807) is 11.0 Å². The highest BCUT2D eigenvalue weighted by molar-refractivity contribution is 6.32. The number of H-pyrrole nitrogens is 1. The van der Waals surface area contributed by atoms with Gasteiger partial charge in [-0.1, -0.05) is 29.8 Å². The zero-order valence-corrected chi connectivity index (χ0v) is 14.7. The summed E-state index contributed by atoms with van der Waals surface area (Å²) in [7, 11) is 0. The molecule has 2 heterocycles. The van der Waals surface area contributed by atoms with Gasteiger partial charge in [0, 0.05) is 18.2 Å². The molecule has 1 aliphatic rings. The maximum Gasteiger partial charge on any atom is 0.247 e. The predicted octanol–water partition coefficient (Wildman–Crippen LogP) is 4.73. The van der Waals surface area contributed by atoms with Gasteiger partial charge in [-0.25, -0.2) is 9.37 Å². The van der Waals surface area contributed by atoms with E-state index in [-0.39, 0.29) is 22.5 Å². The fourth-order valence-electron chi connectivity index (χ4n) is 3.37. The van der Waals surface area contributed by atoms with Crippen LogP contribution < -0.4 is 0 Å². The fraction of sp³-hybridized carbons (Fsp3) is 0.200. The number of rotatable bonds is 3. The fourth-order valence-corrected chi connectivity index (χ4v) is 3.59. The Bertz CT molecular complexity index is 944. The first-order valence-electron chi connectivity index (χ1n) is 8.51. The molecule has 0 spiro atoms. The normalized spacial score (nSPS) is 17.5.